The molecule has 1 nitrogen and oxygen atoms in total. The van der Waals surface area contributed by atoms with Gasteiger partial charge in [-0.1, -0.05) is 22.0 Å². The Balaban J connectivity index is 2.70. The molecule has 50 valence electrons. The second-order valence-corrected chi connectivity index (χ2v) is 2.97. The predicted molar refractivity (Wildman–Crippen MR) is 38.8 cm³/mol. The Morgan fingerprint density at radius 1 is 1.78 bits per heavy atom. The zero-order chi connectivity index (χ0) is 6.91. The van der Waals surface area contributed by atoms with Crippen LogP contribution in [0.15, 0.2) is 22.7 Å². The zero-order valence-corrected chi connectivity index (χ0v) is 6.36. The molecule has 2 N–H and O–H groups in total. The van der Waals surface area contributed by atoms with Crippen molar-refractivity contribution < 1.29 is 4.39 Å². The first-order valence-corrected chi connectivity index (χ1v) is 3.42. The number of hydrogen-bond donors (Lipinski definition) is 1. The third-order valence-electron chi connectivity index (χ3n) is 1.13. The van der Waals surface area contributed by atoms with E-state index < -0.39 is 5.79 Å². The van der Waals surface area contributed by atoms with E-state index in [4.69, 9.17) is 5.73 Å². The molecule has 1 unspecified atom stereocenters. The lowest BCUT2D eigenvalue weighted by Crippen LogP contribution is -2.31. The fourth-order valence-corrected chi connectivity index (χ4v) is 0.902. The van der Waals surface area contributed by atoms with E-state index >= 15 is 0 Å². The summed E-state index contributed by atoms with van der Waals surface area (Å²) < 4.78 is 13.6. The second-order valence-electron chi connectivity index (χ2n) is 2.05. The molecule has 9 heavy (non-hydrogen) atoms. The lowest BCUT2D eigenvalue weighted by atomic mass is 10.1. The Labute approximate surface area is 61.6 Å². The molecular formula is C6H7BrFN. The van der Waals surface area contributed by atoms with Crippen molar-refractivity contribution >= 4 is 15.9 Å². The van der Waals surface area contributed by atoms with E-state index in [-0.39, 0.29) is 6.42 Å². The third kappa shape index (κ3) is 1.91. The molecule has 0 aliphatic heterocycles. The smallest absolute Gasteiger partial charge is 0.181 e. The third-order valence-corrected chi connectivity index (χ3v) is 1.72. The zero-order valence-electron chi connectivity index (χ0n) is 4.77. The number of hydrogen-bond acceptors (Lipinski definition) is 1. The molecule has 0 bridgehead atoms. The van der Waals surface area contributed by atoms with Crippen LogP contribution in [0.4, 0.5) is 4.39 Å². The number of allylic oxidation sites excluding steroid dienone is 2. The molecule has 0 radical (unpaired) electrons. The van der Waals surface area contributed by atoms with Gasteiger partial charge in [-0.05, 0) is 12.2 Å². The maximum Gasteiger partial charge on any atom is 0.181 e. The lowest BCUT2D eigenvalue weighted by Gasteiger charge is -2.16. The Kier molecular flexibility index (Phi) is 1.73. The van der Waals surface area contributed by atoms with Crippen LogP contribution in [0.3, 0.4) is 0 Å². The summed E-state index contributed by atoms with van der Waals surface area (Å²) in [5.41, 5.74) is 5.12. The number of rotatable bonds is 0. The molecule has 0 aromatic rings. The SMILES string of the molecule is NC1(F)C=CC(Br)=CC1. The first-order valence-electron chi connectivity index (χ1n) is 2.63. The van der Waals surface area contributed by atoms with Gasteiger partial charge < -0.3 is 0 Å². The molecule has 1 atom stereocenters. The van der Waals surface area contributed by atoms with Gasteiger partial charge in [0.1, 0.15) is 0 Å². The van der Waals surface area contributed by atoms with Gasteiger partial charge in [-0.2, -0.15) is 0 Å². The molecule has 0 aromatic heterocycles. The fourth-order valence-electron chi connectivity index (χ4n) is 0.608. The molecule has 0 saturated carbocycles. The summed E-state index contributed by atoms with van der Waals surface area (Å²) in [6.45, 7) is 0. The molecule has 1 rings (SSSR count). The standard InChI is InChI=1S/C6H7BrFN/c7-5-1-3-6(8,9)4-2-5/h1-3H,4,9H2. The summed E-state index contributed by atoms with van der Waals surface area (Å²) >= 11 is 3.19. The summed E-state index contributed by atoms with van der Waals surface area (Å²) in [6.07, 6.45) is 4.92. The highest BCUT2D eigenvalue weighted by atomic mass is 79.9. The normalized spacial score (nSPS) is 34.3. The van der Waals surface area contributed by atoms with Crippen LogP contribution < -0.4 is 5.73 Å². The molecule has 0 saturated heterocycles. The van der Waals surface area contributed by atoms with E-state index in [1.54, 1.807) is 12.2 Å². The summed E-state index contributed by atoms with van der Waals surface area (Å²) in [4.78, 5) is 0. The van der Waals surface area contributed by atoms with E-state index in [0.29, 0.717) is 0 Å². The first-order chi connectivity index (χ1) is 4.10. The van der Waals surface area contributed by atoms with Crippen molar-refractivity contribution in [3.8, 4) is 0 Å². The Bertz CT molecular complexity index is 172. The molecular weight excluding hydrogens is 185 g/mol. The summed E-state index contributed by atoms with van der Waals surface area (Å²) in [5, 5.41) is 0. The van der Waals surface area contributed by atoms with E-state index in [1.165, 1.54) is 6.08 Å². The summed E-state index contributed by atoms with van der Waals surface area (Å²) in [7, 11) is 0. The van der Waals surface area contributed by atoms with E-state index in [1.807, 2.05) is 0 Å². The minimum atomic E-state index is -1.63. The van der Waals surface area contributed by atoms with Crippen LogP contribution in [-0.4, -0.2) is 5.79 Å². The van der Waals surface area contributed by atoms with Gasteiger partial charge in [0.15, 0.2) is 5.79 Å². The molecule has 0 amide bonds. The van der Waals surface area contributed by atoms with E-state index in [0.717, 1.165) is 4.48 Å². The fraction of sp³-hybridized carbons (Fsp3) is 0.333. The van der Waals surface area contributed by atoms with Gasteiger partial charge in [-0.3, -0.25) is 5.73 Å². The summed E-state index contributed by atoms with van der Waals surface area (Å²) in [5.74, 6) is -1.63. The molecule has 1 aliphatic rings. The monoisotopic (exact) mass is 191 g/mol. The number of halogens is 2. The lowest BCUT2D eigenvalue weighted by molar-refractivity contribution is 0.242. The highest BCUT2D eigenvalue weighted by Crippen LogP contribution is 2.22. The molecule has 0 spiro atoms. The van der Waals surface area contributed by atoms with Crippen molar-refractivity contribution in [2.24, 2.45) is 5.73 Å². The average molecular weight is 192 g/mol. The molecule has 0 fully saturated rings. The Morgan fingerprint density at radius 3 is 2.78 bits per heavy atom. The van der Waals surface area contributed by atoms with Crippen LogP contribution in [0.2, 0.25) is 0 Å². The minimum absolute atomic E-state index is 0.254. The average Bonchev–Trinajstić information content (AvgIpc) is 1.78. The first kappa shape index (κ1) is 6.96. The van der Waals surface area contributed by atoms with Crippen LogP contribution in [0.25, 0.3) is 0 Å². The number of alkyl halides is 1. The van der Waals surface area contributed by atoms with Crippen molar-refractivity contribution in [3.63, 3.8) is 0 Å². The quantitative estimate of drug-likeness (QED) is 0.582. The Hall–Kier alpha value is -0.150. The van der Waals surface area contributed by atoms with Crippen molar-refractivity contribution in [2.75, 3.05) is 0 Å². The van der Waals surface area contributed by atoms with Gasteiger partial charge in [0.05, 0.1) is 0 Å². The second kappa shape index (κ2) is 2.23. The maximum absolute atomic E-state index is 12.7. The van der Waals surface area contributed by atoms with Gasteiger partial charge in [-0.15, -0.1) is 0 Å². The van der Waals surface area contributed by atoms with Crippen molar-refractivity contribution in [1.29, 1.82) is 0 Å². The van der Waals surface area contributed by atoms with Crippen LogP contribution >= 0.6 is 15.9 Å². The van der Waals surface area contributed by atoms with E-state index in [2.05, 4.69) is 15.9 Å². The van der Waals surface area contributed by atoms with Crippen molar-refractivity contribution in [1.82, 2.24) is 0 Å². The molecule has 0 aromatic carbocycles. The van der Waals surface area contributed by atoms with Gasteiger partial charge in [0, 0.05) is 10.9 Å². The van der Waals surface area contributed by atoms with Gasteiger partial charge in [0.2, 0.25) is 0 Å². The van der Waals surface area contributed by atoms with Crippen LogP contribution in [-0.2, 0) is 0 Å². The van der Waals surface area contributed by atoms with Crippen LogP contribution in [0, 0.1) is 0 Å². The highest BCUT2D eigenvalue weighted by molar-refractivity contribution is 9.11. The van der Waals surface area contributed by atoms with Gasteiger partial charge in [-0.25, -0.2) is 4.39 Å². The van der Waals surface area contributed by atoms with Crippen LogP contribution in [0.1, 0.15) is 6.42 Å². The van der Waals surface area contributed by atoms with Crippen molar-refractivity contribution in [3.05, 3.63) is 22.7 Å². The van der Waals surface area contributed by atoms with Crippen molar-refractivity contribution in [2.45, 2.75) is 12.2 Å². The topological polar surface area (TPSA) is 26.0 Å². The largest absolute Gasteiger partial charge is 0.296 e. The highest BCUT2D eigenvalue weighted by Gasteiger charge is 2.20. The van der Waals surface area contributed by atoms with Gasteiger partial charge in [0.25, 0.3) is 0 Å². The molecule has 1 aliphatic carbocycles. The predicted octanol–water partition coefficient (Wildman–Crippen LogP) is 1.85. The minimum Gasteiger partial charge on any atom is -0.296 e. The molecule has 3 heteroatoms. The van der Waals surface area contributed by atoms with Gasteiger partial charge >= 0.3 is 0 Å². The molecule has 0 heterocycles. The summed E-state index contributed by atoms with van der Waals surface area (Å²) in [6, 6.07) is 0. The van der Waals surface area contributed by atoms with Crippen LogP contribution in [0.5, 0.6) is 0 Å². The van der Waals surface area contributed by atoms with E-state index in [9.17, 15) is 4.39 Å². The Morgan fingerprint density at radius 2 is 2.44 bits per heavy atom. The maximum atomic E-state index is 12.7. The number of nitrogens with two attached hydrogens (primary N) is 1.